The lowest BCUT2D eigenvalue weighted by Crippen LogP contribution is -2.26. The second-order valence-corrected chi connectivity index (χ2v) is 6.25. The van der Waals surface area contributed by atoms with E-state index in [1.165, 1.54) is 36.5 Å². The van der Waals surface area contributed by atoms with E-state index in [1.807, 2.05) is 0 Å². The fourth-order valence-electron chi connectivity index (χ4n) is 2.48. The van der Waals surface area contributed by atoms with Gasteiger partial charge in [0.2, 0.25) is 0 Å². The van der Waals surface area contributed by atoms with Gasteiger partial charge in [0.05, 0.1) is 11.7 Å². The monoisotopic (exact) mass is 279 g/mol. The Balaban J connectivity index is 1.93. The van der Waals surface area contributed by atoms with Crippen molar-refractivity contribution in [2.24, 2.45) is 5.73 Å². The molecule has 2 aromatic heterocycles. The van der Waals surface area contributed by atoms with Gasteiger partial charge in [-0.2, -0.15) is 11.3 Å². The first kappa shape index (κ1) is 12.3. The van der Waals surface area contributed by atoms with E-state index in [9.17, 15) is 0 Å². The molecule has 1 aliphatic heterocycles. The first-order valence-corrected chi connectivity index (χ1v) is 8.11. The predicted octanol–water partition coefficient (Wildman–Crippen LogP) is 2.85. The molecule has 1 unspecified atom stereocenters. The lowest BCUT2D eigenvalue weighted by atomic mass is 10.1. The van der Waals surface area contributed by atoms with E-state index < -0.39 is 0 Å². The van der Waals surface area contributed by atoms with Gasteiger partial charge in [-0.05, 0) is 48.3 Å². The highest BCUT2D eigenvalue weighted by molar-refractivity contribution is 7.10. The van der Waals surface area contributed by atoms with E-state index in [2.05, 4.69) is 32.1 Å². The SMILES string of the molecule is NCc1csc(C(c2ccsc2)N2CCCC2)n1. The van der Waals surface area contributed by atoms with Crippen molar-refractivity contribution in [2.75, 3.05) is 13.1 Å². The summed E-state index contributed by atoms with van der Waals surface area (Å²) in [6.07, 6.45) is 2.60. The van der Waals surface area contributed by atoms with Gasteiger partial charge in [0, 0.05) is 11.9 Å². The molecule has 3 heterocycles. The normalized spacial score (nSPS) is 18.3. The summed E-state index contributed by atoms with van der Waals surface area (Å²) < 4.78 is 0. The number of thiophene rings is 1. The zero-order chi connectivity index (χ0) is 12.4. The summed E-state index contributed by atoms with van der Waals surface area (Å²) >= 11 is 3.50. The third-order valence-electron chi connectivity index (χ3n) is 3.38. The van der Waals surface area contributed by atoms with Gasteiger partial charge in [-0.3, -0.25) is 4.90 Å². The molecule has 96 valence electrons. The summed E-state index contributed by atoms with van der Waals surface area (Å²) in [4.78, 5) is 7.23. The molecule has 0 aromatic carbocycles. The molecule has 1 fully saturated rings. The number of hydrogen-bond donors (Lipinski definition) is 1. The van der Waals surface area contributed by atoms with Crippen molar-refractivity contribution < 1.29 is 0 Å². The molecule has 1 aliphatic rings. The summed E-state index contributed by atoms with van der Waals surface area (Å²) in [6, 6.07) is 2.56. The number of rotatable bonds is 4. The Morgan fingerprint density at radius 1 is 1.33 bits per heavy atom. The van der Waals surface area contributed by atoms with Gasteiger partial charge in [-0.25, -0.2) is 4.98 Å². The lowest BCUT2D eigenvalue weighted by molar-refractivity contribution is 0.281. The maximum atomic E-state index is 5.67. The van der Waals surface area contributed by atoms with Crippen molar-refractivity contribution in [2.45, 2.75) is 25.4 Å². The van der Waals surface area contributed by atoms with Gasteiger partial charge >= 0.3 is 0 Å². The molecular formula is C13H17N3S2. The minimum absolute atomic E-state index is 0.337. The van der Waals surface area contributed by atoms with Gasteiger partial charge in [-0.1, -0.05) is 0 Å². The maximum Gasteiger partial charge on any atom is 0.115 e. The number of thiazole rings is 1. The second-order valence-electron chi connectivity index (χ2n) is 4.58. The number of likely N-dealkylation sites (tertiary alicyclic amines) is 1. The Labute approximate surface area is 115 Å². The molecule has 3 rings (SSSR count). The standard InChI is InChI=1S/C13H17N3S2/c14-7-11-9-18-13(15-11)12(10-3-6-17-8-10)16-4-1-2-5-16/h3,6,8-9,12H,1-2,4-5,7,14H2. The molecular weight excluding hydrogens is 262 g/mol. The minimum Gasteiger partial charge on any atom is -0.325 e. The number of nitrogens with two attached hydrogens (primary N) is 1. The highest BCUT2D eigenvalue weighted by Gasteiger charge is 2.27. The van der Waals surface area contributed by atoms with Crippen LogP contribution >= 0.6 is 22.7 Å². The highest BCUT2D eigenvalue weighted by atomic mass is 32.1. The van der Waals surface area contributed by atoms with Crippen LogP contribution in [0.2, 0.25) is 0 Å². The molecule has 2 aromatic rings. The summed E-state index contributed by atoms with van der Waals surface area (Å²) in [5.74, 6) is 0. The van der Waals surface area contributed by atoms with Crippen molar-refractivity contribution >= 4 is 22.7 Å². The molecule has 0 radical (unpaired) electrons. The van der Waals surface area contributed by atoms with Crippen molar-refractivity contribution in [3.05, 3.63) is 38.5 Å². The topological polar surface area (TPSA) is 42.1 Å². The number of hydrogen-bond acceptors (Lipinski definition) is 5. The van der Waals surface area contributed by atoms with Gasteiger partial charge in [-0.15, -0.1) is 11.3 Å². The third kappa shape index (κ3) is 2.36. The Morgan fingerprint density at radius 3 is 2.78 bits per heavy atom. The van der Waals surface area contributed by atoms with Gasteiger partial charge in [0.25, 0.3) is 0 Å². The summed E-state index contributed by atoms with van der Waals surface area (Å²) in [6.45, 7) is 2.89. The average Bonchev–Trinajstić information content (AvgIpc) is 3.13. The van der Waals surface area contributed by atoms with Crippen LogP contribution in [-0.2, 0) is 6.54 Å². The van der Waals surface area contributed by atoms with Crippen LogP contribution in [-0.4, -0.2) is 23.0 Å². The third-order valence-corrected chi connectivity index (χ3v) is 5.02. The van der Waals surface area contributed by atoms with Crippen LogP contribution in [0.4, 0.5) is 0 Å². The Kier molecular flexibility index (Phi) is 3.75. The zero-order valence-corrected chi connectivity index (χ0v) is 11.8. The zero-order valence-electron chi connectivity index (χ0n) is 10.2. The van der Waals surface area contributed by atoms with Crippen LogP contribution in [0, 0.1) is 0 Å². The Hall–Kier alpha value is -0.750. The van der Waals surface area contributed by atoms with Crippen LogP contribution in [0.25, 0.3) is 0 Å². The molecule has 0 bridgehead atoms. The number of nitrogens with zero attached hydrogens (tertiary/aromatic N) is 2. The summed E-state index contributed by atoms with van der Waals surface area (Å²) in [5.41, 5.74) is 8.05. The quantitative estimate of drug-likeness (QED) is 0.936. The molecule has 0 saturated carbocycles. The first-order valence-electron chi connectivity index (χ1n) is 6.29. The molecule has 1 saturated heterocycles. The molecule has 2 N–H and O–H groups in total. The van der Waals surface area contributed by atoms with Crippen LogP contribution in [0.3, 0.4) is 0 Å². The minimum atomic E-state index is 0.337. The van der Waals surface area contributed by atoms with Gasteiger partial charge in [0.15, 0.2) is 0 Å². The molecule has 3 nitrogen and oxygen atoms in total. The second kappa shape index (κ2) is 5.48. The molecule has 0 amide bonds. The van der Waals surface area contributed by atoms with E-state index in [0.717, 1.165) is 5.69 Å². The van der Waals surface area contributed by atoms with Crippen LogP contribution in [0.5, 0.6) is 0 Å². The predicted molar refractivity (Wildman–Crippen MR) is 77.0 cm³/mol. The number of aromatic nitrogens is 1. The van der Waals surface area contributed by atoms with Crippen molar-refractivity contribution in [3.8, 4) is 0 Å². The van der Waals surface area contributed by atoms with Crippen molar-refractivity contribution in [3.63, 3.8) is 0 Å². The molecule has 0 aliphatic carbocycles. The van der Waals surface area contributed by atoms with E-state index in [4.69, 9.17) is 5.73 Å². The van der Waals surface area contributed by atoms with E-state index in [1.54, 1.807) is 22.7 Å². The van der Waals surface area contributed by atoms with E-state index in [-0.39, 0.29) is 0 Å². The fourth-order valence-corrected chi connectivity index (χ4v) is 4.15. The molecule has 5 heteroatoms. The first-order chi connectivity index (χ1) is 8.88. The Morgan fingerprint density at radius 2 is 2.17 bits per heavy atom. The van der Waals surface area contributed by atoms with Crippen LogP contribution < -0.4 is 5.73 Å². The highest BCUT2D eigenvalue weighted by Crippen LogP contribution is 2.34. The van der Waals surface area contributed by atoms with E-state index >= 15 is 0 Å². The smallest absolute Gasteiger partial charge is 0.115 e. The van der Waals surface area contributed by atoms with Gasteiger partial charge in [0.1, 0.15) is 5.01 Å². The molecule has 0 spiro atoms. The van der Waals surface area contributed by atoms with Crippen molar-refractivity contribution in [1.29, 1.82) is 0 Å². The summed E-state index contributed by atoms with van der Waals surface area (Å²) in [7, 11) is 0. The largest absolute Gasteiger partial charge is 0.325 e. The molecule has 18 heavy (non-hydrogen) atoms. The fraction of sp³-hybridized carbons (Fsp3) is 0.462. The van der Waals surface area contributed by atoms with E-state index in [0.29, 0.717) is 12.6 Å². The Bertz CT molecular complexity index is 486. The average molecular weight is 279 g/mol. The maximum absolute atomic E-state index is 5.67. The van der Waals surface area contributed by atoms with Crippen LogP contribution in [0.1, 0.15) is 35.1 Å². The summed E-state index contributed by atoms with van der Waals surface area (Å²) in [5, 5.41) is 7.67. The van der Waals surface area contributed by atoms with Gasteiger partial charge < -0.3 is 5.73 Å². The van der Waals surface area contributed by atoms with Crippen molar-refractivity contribution in [1.82, 2.24) is 9.88 Å². The van der Waals surface area contributed by atoms with Crippen LogP contribution in [0.15, 0.2) is 22.2 Å². The lowest BCUT2D eigenvalue weighted by Gasteiger charge is -2.25. The molecule has 1 atom stereocenters.